The maximum Gasteiger partial charge on any atom is 0.134 e. The Morgan fingerprint density at radius 1 is 0.973 bits per heavy atom. The summed E-state index contributed by atoms with van der Waals surface area (Å²) in [5.41, 5.74) is 7.72. The molecule has 1 N–H and O–H groups in total. The second-order valence-corrected chi connectivity index (χ2v) is 8.86. The zero-order valence-corrected chi connectivity index (χ0v) is 21.0. The fraction of sp³-hybridized carbons (Fsp3) is 0.0909. The summed E-state index contributed by atoms with van der Waals surface area (Å²) in [4.78, 5) is 9.67. The zero-order chi connectivity index (χ0) is 25.6. The van der Waals surface area contributed by atoms with Gasteiger partial charge in [-0.25, -0.2) is 4.99 Å². The van der Waals surface area contributed by atoms with Gasteiger partial charge in [0.2, 0.25) is 0 Å². The molecule has 4 nitrogen and oxygen atoms in total. The molecule has 3 aromatic carbocycles. The summed E-state index contributed by atoms with van der Waals surface area (Å²) in [5, 5.41) is 4.88. The van der Waals surface area contributed by atoms with Crippen molar-refractivity contribution < 1.29 is 0 Å². The Labute approximate surface area is 218 Å². The molecule has 4 heteroatoms. The van der Waals surface area contributed by atoms with Crippen LogP contribution in [0.1, 0.15) is 35.0 Å². The van der Waals surface area contributed by atoms with Gasteiger partial charge in [-0.15, -0.1) is 0 Å². The largest absolute Gasteiger partial charge is 0.343 e. The predicted molar refractivity (Wildman–Crippen MR) is 158 cm³/mol. The van der Waals surface area contributed by atoms with Crippen molar-refractivity contribution in [1.29, 1.82) is 0 Å². The topological polar surface area (TPSA) is 41.7 Å². The van der Waals surface area contributed by atoms with Crippen molar-refractivity contribution in [2.24, 2.45) is 9.98 Å². The molecule has 37 heavy (non-hydrogen) atoms. The number of aromatic nitrogens is 1. The van der Waals surface area contributed by atoms with E-state index in [1.165, 1.54) is 10.9 Å². The normalized spacial score (nSPS) is 17.1. The minimum Gasteiger partial charge on any atom is -0.343 e. The first kappa shape index (κ1) is 24.0. The Bertz CT molecular complexity index is 1550. The average molecular weight is 483 g/mol. The molecule has 5 rings (SSSR count). The van der Waals surface area contributed by atoms with Crippen LogP contribution in [0.25, 0.3) is 22.6 Å². The molecule has 0 aliphatic carbocycles. The van der Waals surface area contributed by atoms with Crippen LogP contribution in [0.4, 0.5) is 0 Å². The summed E-state index contributed by atoms with van der Waals surface area (Å²) in [7, 11) is 0. The second-order valence-electron chi connectivity index (χ2n) is 8.86. The van der Waals surface area contributed by atoms with Crippen LogP contribution in [-0.2, 0) is 0 Å². The van der Waals surface area contributed by atoms with Crippen LogP contribution < -0.4 is 5.32 Å². The van der Waals surface area contributed by atoms with E-state index in [9.17, 15) is 0 Å². The third-order valence-corrected chi connectivity index (χ3v) is 6.60. The van der Waals surface area contributed by atoms with E-state index in [1.807, 2.05) is 54.8 Å². The van der Waals surface area contributed by atoms with E-state index in [4.69, 9.17) is 4.99 Å². The summed E-state index contributed by atoms with van der Waals surface area (Å²) in [6.45, 7) is 9.85. The molecule has 0 amide bonds. The van der Waals surface area contributed by atoms with Gasteiger partial charge >= 0.3 is 0 Å². The summed E-state index contributed by atoms with van der Waals surface area (Å²) >= 11 is 0. The zero-order valence-electron chi connectivity index (χ0n) is 21.0. The molecule has 1 aliphatic heterocycles. The molecule has 1 unspecified atom stereocenters. The third kappa shape index (κ3) is 4.87. The Hall–Kier alpha value is -4.70. The number of para-hydroxylation sites is 1. The Morgan fingerprint density at radius 2 is 1.68 bits per heavy atom. The number of hydrogen-bond acceptors (Lipinski definition) is 3. The average Bonchev–Trinajstić information content (AvgIpc) is 3.24. The summed E-state index contributed by atoms with van der Waals surface area (Å²) in [5.74, 6) is 0.835. The van der Waals surface area contributed by atoms with Crippen LogP contribution in [0.15, 0.2) is 132 Å². The molecule has 0 saturated carbocycles. The monoisotopic (exact) mass is 482 g/mol. The Balaban J connectivity index is 1.76. The van der Waals surface area contributed by atoms with Gasteiger partial charge in [0.1, 0.15) is 12.0 Å². The molecular weight excluding hydrogens is 452 g/mol. The van der Waals surface area contributed by atoms with Crippen LogP contribution in [0.3, 0.4) is 0 Å². The van der Waals surface area contributed by atoms with E-state index in [2.05, 4.69) is 89.6 Å². The van der Waals surface area contributed by atoms with Crippen molar-refractivity contribution in [3.8, 4) is 0 Å². The summed E-state index contributed by atoms with van der Waals surface area (Å²) < 4.78 is 2.35. The highest BCUT2D eigenvalue weighted by molar-refractivity contribution is 6.13. The van der Waals surface area contributed by atoms with Gasteiger partial charge in [-0.3, -0.25) is 4.99 Å². The first-order valence-electron chi connectivity index (χ1n) is 12.4. The molecule has 2 heterocycles. The van der Waals surface area contributed by atoms with E-state index >= 15 is 0 Å². The van der Waals surface area contributed by atoms with Gasteiger partial charge in [0, 0.05) is 46.7 Å². The SMILES string of the molecule is C=C/C=C\c1c(C)c2ccccc2n1C1C/C(=C(\C=NC=C)c2ccccc2)NC(c2ccccc2)=N1. The lowest BCUT2D eigenvalue weighted by molar-refractivity contribution is 0.509. The van der Waals surface area contributed by atoms with Gasteiger partial charge < -0.3 is 9.88 Å². The highest BCUT2D eigenvalue weighted by Crippen LogP contribution is 2.36. The molecule has 1 atom stereocenters. The van der Waals surface area contributed by atoms with E-state index < -0.39 is 0 Å². The van der Waals surface area contributed by atoms with E-state index in [0.29, 0.717) is 6.42 Å². The number of nitrogens with one attached hydrogen (secondary N) is 1. The highest BCUT2D eigenvalue weighted by atomic mass is 15.2. The van der Waals surface area contributed by atoms with Gasteiger partial charge in [0.25, 0.3) is 0 Å². The smallest absolute Gasteiger partial charge is 0.134 e. The maximum atomic E-state index is 5.27. The summed E-state index contributed by atoms with van der Waals surface area (Å²) in [6, 6.07) is 29.1. The van der Waals surface area contributed by atoms with Gasteiger partial charge in [0.15, 0.2) is 0 Å². The van der Waals surface area contributed by atoms with Crippen LogP contribution in [0.2, 0.25) is 0 Å². The van der Waals surface area contributed by atoms with Gasteiger partial charge in [-0.1, -0.05) is 104 Å². The fourth-order valence-electron chi connectivity index (χ4n) is 4.88. The molecule has 0 radical (unpaired) electrons. The summed E-state index contributed by atoms with van der Waals surface area (Å²) in [6.07, 6.45) is 9.89. The number of benzene rings is 3. The van der Waals surface area contributed by atoms with E-state index in [1.54, 1.807) is 6.20 Å². The lowest BCUT2D eigenvalue weighted by Crippen LogP contribution is -2.33. The van der Waals surface area contributed by atoms with Crippen molar-refractivity contribution in [2.45, 2.75) is 19.5 Å². The van der Waals surface area contributed by atoms with Crippen LogP contribution in [0.5, 0.6) is 0 Å². The van der Waals surface area contributed by atoms with Gasteiger partial charge in [0.05, 0.1) is 5.52 Å². The van der Waals surface area contributed by atoms with Crippen molar-refractivity contribution in [3.63, 3.8) is 0 Å². The number of hydrogen-bond donors (Lipinski definition) is 1. The lowest BCUT2D eigenvalue weighted by atomic mass is 10.00. The second kappa shape index (κ2) is 10.9. The van der Waals surface area contributed by atoms with Crippen molar-refractivity contribution in [1.82, 2.24) is 9.88 Å². The van der Waals surface area contributed by atoms with Crippen molar-refractivity contribution in [3.05, 3.63) is 145 Å². The van der Waals surface area contributed by atoms with Gasteiger partial charge in [-0.2, -0.15) is 0 Å². The number of nitrogens with zero attached hydrogens (tertiary/aromatic N) is 3. The highest BCUT2D eigenvalue weighted by Gasteiger charge is 2.27. The molecular formula is C33H30N4. The predicted octanol–water partition coefficient (Wildman–Crippen LogP) is 7.71. The van der Waals surface area contributed by atoms with Crippen LogP contribution in [-0.4, -0.2) is 16.6 Å². The Morgan fingerprint density at radius 3 is 2.41 bits per heavy atom. The molecule has 0 spiro atoms. The maximum absolute atomic E-state index is 5.27. The van der Waals surface area contributed by atoms with Crippen LogP contribution >= 0.6 is 0 Å². The number of aliphatic imine (C=N–C) groups is 2. The Kier molecular flexibility index (Phi) is 7.09. The number of rotatable bonds is 7. The third-order valence-electron chi connectivity index (χ3n) is 6.60. The standard InChI is InChI=1S/C33H30N4/c1-4-6-20-30-24(3)27-19-13-14-21-31(27)37(30)32-22-29(35-33(36-32)26-17-11-8-12-18-26)28(23-34-5-2)25-15-9-7-10-16-25/h4-21,23,32H,1-2,22H2,3H3,(H,35,36)/b20-6-,29-28-,34-23?. The molecule has 182 valence electrons. The van der Waals surface area contributed by atoms with Crippen molar-refractivity contribution >= 4 is 34.6 Å². The van der Waals surface area contributed by atoms with Crippen molar-refractivity contribution in [2.75, 3.05) is 0 Å². The number of aryl methyl sites for hydroxylation is 1. The lowest BCUT2D eigenvalue weighted by Gasteiger charge is -2.29. The fourth-order valence-corrected chi connectivity index (χ4v) is 4.88. The van der Waals surface area contributed by atoms with Gasteiger partial charge in [-0.05, 0) is 30.2 Å². The first-order valence-corrected chi connectivity index (χ1v) is 12.4. The number of amidine groups is 1. The minimum atomic E-state index is -0.162. The molecule has 0 bridgehead atoms. The quantitative estimate of drug-likeness (QED) is 0.213. The first-order chi connectivity index (χ1) is 18.2. The van der Waals surface area contributed by atoms with Crippen LogP contribution in [0, 0.1) is 6.92 Å². The molecule has 1 aromatic heterocycles. The van der Waals surface area contributed by atoms with E-state index in [-0.39, 0.29) is 6.17 Å². The van der Waals surface area contributed by atoms with E-state index in [0.717, 1.165) is 39.4 Å². The number of allylic oxidation sites excluding steroid dienone is 3. The molecule has 1 aliphatic rings. The molecule has 4 aromatic rings. The number of fused-ring (bicyclic) bond motifs is 1. The minimum absolute atomic E-state index is 0.162. The molecule has 0 saturated heterocycles. The molecule has 0 fully saturated rings.